The highest BCUT2D eigenvalue weighted by atomic mass is 16.5. The second-order valence-corrected chi connectivity index (χ2v) is 7.88. The fraction of sp³-hybridized carbons (Fsp3) is 0.370. The molecule has 2 aromatic carbocycles. The average molecular weight is 464 g/mol. The second-order valence-electron chi connectivity index (χ2n) is 7.88. The lowest BCUT2D eigenvalue weighted by Crippen LogP contribution is -2.31. The Morgan fingerprint density at radius 3 is 2.44 bits per heavy atom. The van der Waals surface area contributed by atoms with Gasteiger partial charge in [-0.1, -0.05) is 50.6 Å². The normalized spacial score (nSPS) is 11.6. The molecule has 0 fully saturated rings. The first kappa shape index (κ1) is 25.0. The van der Waals surface area contributed by atoms with E-state index in [-0.39, 0.29) is 17.6 Å². The largest absolute Gasteiger partial charge is 0.492 e. The topological polar surface area (TPSA) is 82.5 Å². The number of aromatic nitrogens is 2. The van der Waals surface area contributed by atoms with Crippen LogP contribution in [0.4, 0.5) is 5.69 Å². The quantitative estimate of drug-likeness (QED) is 0.392. The van der Waals surface area contributed by atoms with Gasteiger partial charge in [-0.25, -0.2) is 9.78 Å². The lowest BCUT2D eigenvalue weighted by atomic mass is 10.1. The monoisotopic (exact) mass is 463 g/mol. The highest BCUT2D eigenvalue weighted by molar-refractivity contribution is 5.79. The van der Waals surface area contributed by atoms with E-state index < -0.39 is 0 Å². The first-order chi connectivity index (χ1) is 16.5. The molecule has 1 N–H and O–H groups in total. The Morgan fingerprint density at radius 2 is 1.79 bits per heavy atom. The maximum absolute atomic E-state index is 12.8. The average Bonchev–Trinajstić information content (AvgIpc) is 2.86. The minimum atomic E-state index is -0.373. The van der Waals surface area contributed by atoms with Crippen molar-refractivity contribution in [1.82, 2.24) is 9.55 Å². The van der Waals surface area contributed by atoms with Crippen LogP contribution in [0, 0.1) is 0 Å². The SMILES string of the molecule is CCCC(Nc1ccc(OCCn2c(CC)nc(-c3ccccc3)cc2=O)cc1)C(=O)OCC. The van der Waals surface area contributed by atoms with Crippen LogP contribution in [0.25, 0.3) is 11.3 Å². The number of nitrogens with zero attached hydrogens (tertiary/aromatic N) is 2. The molecule has 1 atom stereocenters. The Labute approximate surface area is 200 Å². The summed E-state index contributed by atoms with van der Waals surface area (Å²) in [7, 11) is 0. The van der Waals surface area contributed by atoms with Gasteiger partial charge >= 0.3 is 5.97 Å². The van der Waals surface area contributed by atoms with Crippen molar-refractivity contribution in [2.45, 2.75) is 52.6 Å². The Hall–Kier alpha value is -3.61. The van der Waals surface area contributed by atoms with Crippen molar-refractivity contribution in [2.75, 3.05) is 18.5 Å². The molecule has 34 heavy (non-hydrogen) atoms. The first-order valence-electron chi connectivity index (χ1n) is 11.9. The summed E-state index contributed by atoms with van der Waals surface area (Å²) >= 11 is 0. The molecule has 7 heteroatoms. The van der Waals surface area contributed by atoms with Crippen LogP contribution in [0.3, 0.4) is 0 Å². The number of anilines is 1. The molecule has 7 nitrogen and oxygen atoms in total. The van der Waals surface area contributed by atoms with Gasteiger partial charge in [0, 0.05) is 23.7 Å². The number of hydrogen-bond acceptors (Lipinski definition) is 6. The van der Waals surface area contributed by atoms with Gasteiger partial charge in [0.15, 0.2) is 0 Å². The van der Waals surface area contributed by atoms with Crippen molar-refractivity contribution in [2.24, 2.45) is 0 Å². The van der Waals surface area contributed by atoms with Crippen LogP contribution in [0.5, 0.6) is 5.75 Å². The van der Waals surface area contributed by atoms with Crippen molar-refractivity contribution < 1.29 is 14.3 Å². The molecule has 0 saturated heterocycles. The van der Waals surface area contributed by atoms with Crippen molar-refractivity contribution in [1.29, 1.82) is 0 Å². The molecule has 0 saturated carbocycles. The minimum absolute atomic E-state index is 0.0882. The van der Waals surface area contributed by atoms with E-state index in [0.29, 0.717) is 44.0 Å². The molecular formula is C27H33N3O4. The van der Waals surface area contributed by atoms with Gasteiger partial charge in [-0.2, -0.15) is 0 Å². The molecule has 0 aliphatic heterocycles. The van der Waals surface area contributed by atoms with Gasteiger partial charge < -0.3 is 14.8 Å². The zero-order valence-electron chi connectivity index (χ0n) is 20.1. The van der Waals surface area contributed by atoms with Crippen LogP contribution in [0.15, 0.2) is 65.5 Å². The molecule has 0 radical (unpaired) electrons. The Bertz CT molecular complexity index is 1110. The summed E-state index contributed by atoms with van der Waals surface area (Å²) in [6.07, 6.45) is 2.22. The van der Waals surface area contributed by atoms with E-state index >= 15 is 0 Å². The number of carbonyl (C=O) groups excluding carboxylic acids is 1. The number of ether oxygens (including phenoxy) is 2. The van der Waals surface area contributed by atoms with E-state index in [1.165, 1.54) is 0 Å². The van der Waals surface area contributed by atoms with Crippen LogP contribution in [0.2, 0.25) is 0 Å². The highest BCUT2D eigenvalue weighted by Gasteiger charge is 2.18. The van der Waals surface area contributed by atoms with Gasteiger partial charge in [0.1, 0.15) is 24.2 Å². The molecule has 1 unspecified atom stereocenters. The molecule has 0 aliphatic rings. The van der Waals surface area contributed by atoms with E-state index in [1.54, 1.807) is 17.6 Å². The highest BCUT2D eigenvalue weighted by Crippen LogP contribution is 2.19. The third-order valence-electron chi connectivity index (χ3n) is 5.40. The molecule has 0 spiro atoms. The number of rotatable bonds is 12. The van der Waals surface area contributed by atoms with Gasteiger partial charge in [0.25, 0.3) is 5.56 Å². The van der Waals surface area contributed by atoms with E-state index in [0.717, 1.165) is 23.5 Å². The van der Waals surface area contributed by atoms with E-state index in [4.69, 9.17) is 14.5 Å². The Morgan fingerprint density at radius 1 is 1.06 bits per heavy atom. The van der Waals surface area contributed by atoms with Gasteiger partial charge in [-0.3, -0.25) is 9.36 Å². The van der Waals surface area contributed by atoms with Gasteiger partial charge in [0.2, 0.25) is 0 Å². The summed E-state index contributed by atoms with van der Waals surface area (Å²) in [6, 6.07) is 18.3. The molecule has 0 aliphatic carbocycles. The van der Waals surface area contributed by atoms with Gasteiger partial charge in [-0.05, 0) is 37.6 Å². The van der Waals surface area contributed by atoms with Crippen molar-refractivity contribution in [3.05, 3.63) is 76.8 Å². The summed E-state index contributed by atoms with van der Waals surface area (Å²) in [5, 5.41) is 3.23. The van der Waals surface area contributed by atoms with Crippen LogP contribution < -0.4 is 15.6 Å². The first-order valence-corrected chi connectivity index (χ1v) is 11.9. The number of nitrogens with one attached hydrogen (secondary N) is 1. The molecular weight excluding hydrogens is 430 g/mol. The molecule has 1 aromatic heterocycles. The van der Waals surface area contributed by atoms with Gasteiger partial charge in [-0.15, -0.1) is 0 Å². The van der Waals surface area contributed by atoms with Crippen LogP contribution >= 0.6 is 0 Å². The summed E-state index contributed by atoms with van der Waals surface area (Å²) < 4.78 is 12.7. The molecule has 3 aromatic rings. The van der Waals surface area contributed by atoms with Crippen molar-refractivity contribution in [3.8, 4) is 17.0 Å². The predicted molar refractivity (Wildman–Crippen MR) is 134 cm³/mol. The zero-order chi connectivity index (χ0) is 24.3. The number of esters is 1. The van der Waals surface area contributed by atoms with E-state index in [2.05, 4.69) is 5.32 Å². The number of carbonyl (C=O) groups is 1. The van der Waals surface area contributed by atoms with Gasteiger partial charge in [0.05, 0.1) is 18.8 Å². The third-order valence-corrected chi connectivity index (χ3v) is 5.40. The standard InChI is InChI=1S/C27H33N3O4/c1-4-10-23(27(32)33-6-3)28-21-13-15-22(16-14-21)34-18-17-30-25(5-2)29-24(19-26(30)31)20-11-8-7-9-12-20/h7-9,11-16,19,23,28H,4-6,10,17-18H2,1-3H3. The summed E-state index contributed by atoms with van der Waals surface area (Å²) in [5.74, 6) is 1.18. The van der Waals surface area contributed by atoms with Crippen molar-refractivity contribution >= 4 is 11.7 Å². The summed E-state index contributed by atoms with van der Waals surface area (Å²) in [5.41, 5.74) is 2.35. The number of hydrogen-bond donors (Lipinski definition) is 1. The van der Waals surface area contributed by atoms with E-state index in [9.17, 15) is 9.59 Å². The lowest BCUT2D eigenvalue weighted by Gasteiger charge is -2.18. The molecule has 0 amide bonds. The van der Waals surface area contributed by atoms with Crippen LogP contribution in [-0.2, 0) is 22.5 Å². The maximum atomic E-state index is 12.8. The summed E-state index contributed by atoms with van der Waals surface area (Å²) in [4.78, 5) is 29.6. The molecule has 3 rings (SSSR count). The Balaban J connectivity index is 1.61. The molecule has 1 heterocycles. The van der Waals surface area contributed by atoms with Crippen molar-refractivity contribution in [3.63, 3.8) is 0 Å². The molecule has 180 valence electrons. The summed E-state index contributed by atoms with van der Waals surface area (Å²) in [6.45, 7) is 6.94. The molecule has 0 bridgehead atoms. The van der Waals surface area contributed by atoms with E-state index in [1.807, 2.05) is 68.4 Å². The fourth-order valence-electron chi connectivity index (χ4n) is 3.70. The number of benzene rings is 2. The predicted octanol–water partition coefficient (Wildman–Crippen LogP) is 4.70. The van der Waals surface area contributed by atoms with Crippen LogP contribution in [0.1, 0.15) is 39.4 Å². The van der Waals surface area contributed by atoms with Crippen LogP contribution in [-0.4, -0.2) is 34.8 Å². The Kier molecular flexibility index (Phi) is 9.26. The minimum Gasteiger partial charge on any atom is -0.492 e. The maximum Gasteiger partial charge on any atom is 0.328 e. The lowest BCUT2D eigenvalue weighted by molar-refractivity contribution is -0.144. The second kappa shape index (κ2) is 12.6. The smallest absolute Gasteiger partial charge is 0.328 e. The number of aryl methyl sites for hydroxylation is 1. The third kappa shape index (κ3) is 6.70. The fourth-order valence-corrected chi connectivity index (χ4v) is 3.70. The zero-order valence-corrected chi connectivity index (χ0v) is 20.1.